The third kappa shape index (κ3) is 2.55. The first-order valence-corrected chi connectivity index (χ1v) is 3.82. The van der Waals surface area contributed by atoms with E-state index in [0.717, 1.165) is 0 Å². The molecule has 0 aromatic rings. The summed E-state index contributed by atoms with van der Waals surface area (Å²) in [6.07, 6.45) is 5.45. The van der Waals surface area contributed by atoms with E-state index in [9.17, 15) is 4.79 Å². The number of aliphatic hydroxyl groups is 1. The summed E-state index contributed by atoms with van der Waals surface area (Å²) < 4.78 is 4.70. The zero-order valence-corrected chi connectivity index (χ0v) is 7.46. The SMILES string of the molecule is C#CCOC(=O)C(C)(CC)CO. The first kappa shape index (κ1) is 11.0. The number of aliphatic hydroxyl groups excluding tert-OH is 1. The molecule has 3 nitrogen and oxygen atoms in total. The van der Waals surface area contributed by atoms with E-state index in [1.54, 1.807) is 6.92 Å². The largest absolute Gasteiger partial charge is 0.452 e. The summed E-state index contributed by atoms with van der Waals surface area (Å²) in [5, 5.41) is 8.90. The highest BCUT2D eigenvalue weighted by molar-refractivity contribution is 5.76. The van der Waals surface area contributed by atoms with Gasteiger partial charge in [-0.25, -0.2) is 0 Å². The molecule has 0 heterocycles. The molecule has 0 aliphatic heterocycles. The second-order valence-corrected chi connectivity index (χ2v) is 2.85. The topological polar surface area (TPSA) is 46.5 Å². The predicted molar refractivity (Wildman–Crippen MR) is 45.3 cm³/mol. The molecule has 12 heavy (non-hydrogen) atoms. The normalized spacial score (nSPS) is 14.5. The molecule has 0 saturated carbocycles. The molecule has 0 fully saturated rings. The quantitative estimate of drug-likeness (QED) is 0.495. The summed E-state index contributed by atoms with van der Waals surface area (Å²) in [6.45, 7) is 3.21. The van der Waals surface area contributed by atoms with Gasteiger partial charge in [0.15, 0.2) is 6.61 Å². The average molecular weight is 170 g/mol. The van der Waals surface area contributed by atoms with Crippen LogP contribution in [-0.4, -0.2) is 24.3 Å². The van der Waals surface area contributed by atoms with Gasteiger partial charge in [-0.1, -0.05) is 12.8 Å². The van der Waals surface area contributed by atoms with Crippen molar-refractivity contribution in [3.05, 3.63) is 0 Å². The maximum atomic E-state index is 11.2. The lowest BCUT2D eigenvalue weighted by molar-refractivity contribution is -0.156. The molecule has 1 atom stereocenters. The van der Waals surface area contributed by atoms with Crippen molar-refractivity contribution in [3.8, 4) is 12.3 Å². The van der Waals surface area contributed by atoms with Crippen LogP contribution in [0.3, 0.4) is 0 Å². The second kappa shape index (κ2) is 4.78. The summed E-state index contributed by atoms with van der Waals surface area (Å²) in [5.41, 5.74) is -0.809. The minimum absolute atomic E-state index is 0.0333. The Morgan fingerprint density at radius 3 is 2.67 bits per heavy atom. The molecule has 0 aliphatic carbocycles. The van der Waals surface area contributed by atoms with Crippen LogP contribution in [0.4, 0.5) is 0 Å². The standard InChI is InChI=1S/C9H14O3/c1-4-6-12-8(11)9(3,5-2)7-10/h1,10H,5-7H2,2-3H3. The fourth-order valence-corrected chi connectivity index (χ4v) is 0.602. The van der Waals surface area contributed by atoms with Gasteiger partial charge in [-0.05, 0) is 13.3 Å². The van der Waals surface area contributed by atoms with E-state index in [0.29, 0.717) is 6.42 Å². The number of carbonyl (C=O) groups is 1. The van der Waals surface area contributed by atoms with Crippen molar-refractivity contribution in [3.63, 3.8) is 0 Å². The summed E-state index contributed by atoms with van der Waals surface area (Å²) >= 11 is 0. The van der Waals surface area contributed by atoms with Gasteiger partial charge in [-0.15, -0.1) is 6.42 Å². The number of rotatable bonds is 4. The van der Waals surface area contributed by atoms with Crippen LogP contribution >= 0.6 is 0 Å². The monoisotopic (exact) mass is 170 g/mol. The van der Waals surface area contributed by atoms with E-state index in [1.165, 1.54) is 0 Å². The van der Waals surface area contributed by atoms with Crippen LogP contribution in [0.2, 0.25) is 0 Å². The van der Waals surface area contributed by atoms with E-state index in [4.69, 9.17) is 16.3 Å². The maximum Gasteiger partial charge on any atom is 0.315 e. The Hall–Kier alpha value is -1.01. The second-order valence-electron chi connectivity index (χ2n) is 2.85. The summed E-state index contributed by atoms with van der Waals surface area (Å²) in [7, 11) is 0. The smallest absolute Gasteiger partial charge is 0.315 e. The maximum absolute atomic E-state index is 11.2. The van der Waals surface area contributed by atoms with Crippen LogP contribution < -0.4 is 0 Å². The van der Waals surface area contributed by atoms with Crippen LogP contribution in [0, 0.1) is 17.8 Å². The molecule has 0 aromatic heterocycles. The van der Waals surface area contributed by atoms with E-state index in [1.807, 2.05) is 6.92 Å². The Bertz CT molecular complexity index is 186. The average Bonchev–Trinajstić information content (AvgIpc) is 2.12. The van der Waals surface area contributed by atoms with E-state index in [-0.39, 0.29) is 13.2 Å². The lowest BCUT2D eigenvalue weighted by Crippen LogP contribution is -2.32. The van der Waals surface area contributed by atoms with Crippen LogP contribution in [0.25, 0.3) is 0 Å². The Kier molecular flexibility index (Phi) is 4.38. The number of esters is 1. The minimum atomic E-state index is -0.809. The first-order valence-electron chi connectivity index (χ1n) is 3.82. The van der Waals surface area contributed by atoms with Gasteiger partial charge in [0.2, 0.25) is 0 Å². The number of terminal acetylenes is 1. The van der Waals surface area contributed by atoms with Gasteiger partial charge in [-0.3, -0.25) is 4.79 Å². The molecule has 0 aromatic carbocycles. The Morgan fingerprint density at radius 1 is 1.75 bits per heavy atom. The van der Waals surface area contributed by atoms with Crippen molar-refractivity contribution in [2.75, 3.05) is 13.2 Å². The predicted octanol–water partition coefficient (Wildman–Crippen LogP) is 0.571. The van der Waals surface area contributed by atoms with Crippen LogP contribution in [0.1, 0.15) is 20.3 Å². The lowest BCUT2D eigenvalue weighted by atomic mass is 9.89. The molecule has 1 unspecified atom stereocenters. The molecular weight excluding hydrogens is 156 g/mol. The molecule has 0 rings (SSSR count). The van der Waals surface area contributed by atoms with Gasteiger partial charge >= 0.3 is 5.97 Å². The first-order chi connectivity index (χ1) is 5.60. The Balaban J connectivity index is 4.14. The number of carbonyl (C=O) groups excluding carboxylic acids is 1. The molecule has 68 valence electrons. The van der Waals surface area contributed by atoms with Gasteiger partial charge < -0.3 is 9.84 Å². The zero-order valence-electron chi connectivity index (χ0n) is 7.46. The van der Waals surface area contributed by atoms with Gasteiger partial charge in [-0.2, -0.15) is 0 Å². The molecule has 0 spiro atoms. The Morgan fingerprint density at radius 2 is 2.33 bits per heavy atom. The molecule has 0 aliphatic rings. The van der Waals surface area contributed by atoms with Crippen molar-refractivity contribution >= 4 is 5.97 Å². The third-order valence-corrected chi connectivity index (χ3v) is 1.91. The van der Waals surface area contributed by atoms with Gasteiger partial charge in [0.25, 0.3) is 0 Å². The molecular formula is C9H14O3. The summed E-state index contributed by atoms with van der Waals surface area (Å²) in [4.78, 5) is 11.2. The van der Waals surface area contributed by atoms with E-state index < -0.39 is 11.4 Å². The van der Waals surface area contributed by atoms with E-state index >= 15 is 0 Å². The highest BCUT2D eigenvalue weighted by Crippen LogP contribution is 2.21. The van der Waals surface area contributed by atoms with Crippen LogP contribution in [-0.2, 0) is 9.53 Å². The highest BCUT2D eigenvalue weighted by Gasteiger charge is 2.31. The van der Waals surface area contributed by atoms with Gasteiger partial charge in [0, 0.05) is 0 Å². The third-order valence-electron chi connectivity index (χ3n) is 1.91. The van der Waals surface area contributed by atoms with Crippen LogP contribution in [0.15, 0.2) is 0 Å². The fraction of sp³-hybridized carbons (Fsp3) is 0.667. The molecule has 1 N–H and O–H groups in total. The minimum Gasteiger partial charge on any atom is -0.452 e. The van der Waals surface area contributed by atoms with Crippen molar-refractivity contribution in [1.29, 1.82) is 0 Å². The van der Waals surface area contributed by atoms with Gasteiger partial charge in [0.1, 0.15) is 0 Å². The molecule has 0 radical (unpaired) electrons. The molecule has 0 bridgehead atoms. The molecule has 3 heteroatoms. The van der Waals surface area contributed by atoms with Crippen molar-refractivity contribution in [2.45, 2.75) is 20.3 Å². The lowest BCUT2D eigenvalue weighted by Gasteiger charge is -2.22. The number of hydrogen-bond acceptors (Lipinski definition) is 3. The number of hydrogen-bond donors (Lipinski definition) is 1. The number of ether oxygens (including phenoxy) is 1. The van der Waals surface area contributed by atoms with E-state index in [2.05, 4.69) is 5.92 Å². The molecule has 0 saturated heterocycles. The molecule has 0 amide bonds. The van der Waals surface area contributed by atoms with Crippen molar-refractivity contribution in [2.24, 2.45) is 5.41 Å². The van der Waals surface area contributed by atoms with Crippen LogP contribution in [0.5, 0.6) is 0 Å². The van der Waals surface area contributed by atoms with Gasteiger partial charge in [0.05, 0.1) is 12.0 Å². The zero-order chi connectivity index (χ0) is 9.61. The van der Waals surface area contributed by atoms with Crippen molar-refractivity contribution < 1.29 is 14.6 Å². The summed E-state index contributed by atoms with van der Waals surface area (Å²) in [6, 6.07) is 0. The Labute approximate surface area is 72.7 Å². The highest BCUT2D eigenvalue weighted by atomic mass is 16.5. The fourth-order valence-electron chi connectivity index (χ4n) is 0.602. The summed E-state index contributed by atoms with van der Waals surface area (Å²) in [5.74, 6) is 1.75. The van der Waals surface area contributed by atoms with Crippen molar-refractivity contribution in [1.82, 2.24) is 0 Å².